The van der Waals surface area contributed by atoms with Gasteiger partial charge in [0.1, 0.15) is 5.82 Å². The number of aryl methyl sites for hydroxylation is 1. The summed E-state index contributed by atoms with van der Waals surface area (Å²) in [6.45, 7) is 3.60. The summed E-state index contributed by atoms with van der Waals surface area (Å²) in [4.78, 5) is 9.77. The van der Waals surface area contributed by atoms with Gasteiger partial charge in [0, 0.05) is 27.4 Å². The molecule has 0 aliphatic rings. The first-order chi connectivity index (χ1) is 9.06. The van der Waals surface area contributed by atoms with E-state index in [0.717, 1.165) is 27.0 Å². The van der Waals surface area contributed by atoms with Gasteiger partial charge in [0.2, 0.25) is 0 Å². The monoisotopic (exact) mass is 294 g/mol. The molecule has 5 heteroatoms. The second-order valence-corrected chi connectivity index (χ2v) is 5.73. The molecule has 1 aromatic carbocycles. The molecule has 0 saturated heterocycles. The third-order valence-electron chi connectivity index (χ3n) is 2.68. The molecule has 2 rings (SSSR count). The van der Waals surface area contributed by atoms with Crippen LogP contribution in [0.4, 0.5) is 0 Å². The van der Waals surface area contributed by atoms with E-state index in [1.54, 1.807) is 24.9 Å². The normalized spacial score (nSPS) is 12.4. The van der Waals surface area contributed by atoms with Crippen molar-refractivity contribution in [3.8, 4) is 0 Å². The SMILES string of the molecule is Cc1nc(CSc2cccc(Cl)c2)ncc1[C@@H](C)O. The second kappa shape index (κ2) is 6.37. The molecule has 0 fully saturated rings. The average molecular weight is 295 g/mol. The molecule has 1 heterocycles. The summed E-state index contributed by atoms with van der Waals surface area (Å²) in [7, 11) is 0. The van der Waals surface area contributed by atoms with Crippen LogP contribution in [0.5, 0.6) is 0 Å². The van der Waals surface area contributed by atoms with Crippen molar-refractivity contribution in [3.05, 3.63) is 52.6 Å². The molecule has 3 nitrogen and oxygen atoms in total. The van der Waals surface area contributed by atoms with Crippen LogP contribution < -0.4 is 0 Å². The third-order valence-corrected chi connectivity index (χ3v) is 3.91. The zero-order valence-corrected chi connectivity index (χ0v) is 12.4. The number of aliphatic hydroxyl groups is 1. The van der Waals surface area contributed by atoms with Crippen molar-refractivity contribution in [3.63, 3.8) is 0 Å². The molecule has 1 N–H and O–H groups in total. The lowest BCUT2D eigenvalue weighted by Crippen LogP contribution is -2.02. The molecule has 19 heavy (non-hydrogen) atoms. The number of aromatic nitrogens is 2. The molecular weight excluding hydrogens is 280 g/mol. The minimum absolute atomic E-state index is 0.533. The summed E-state index contributed by atoms with van der Waals surface area (Å²) in [6, 6.07) is 7.70. The second-order valence-electron chi connectivity index (χ2n) is 4.25. The van der Waals surface area contributed by atoms with E-state index in [2.05, 4.69) is 9.97 Å². The van der Waals surface area contributed by atoms with Gasteiger partial charge in [0.25, 0.3) is 0 Å². The van der Waals surface area contributed by atoms with Crippen molar-refractivity contribution in [1.82, 2.24) is 9.97 Å². The number of hydrogen-bond donors (Lipinski definition) is 1. The number of aliphatic hydroxyl groups excluding tert-OH is 1. The summed E-state index contributed by atoms with van der Waals surface area (Å²) in [6.07, 6.45) is 1.16. The van der Waals surface area contributed by atoms with E-state index in [9.17, 15) is 5.11 Å². The Morgan fingerprint density at radius 2 is 2.21 bits per heavy atom. The molecular formula is C14H15ClN2OS. The molecule has 0 saturated carbocycles. The Morgan fingerprint density at radius 3 is 2.84 bits per heavy atom. The van der Waals surface area contributed by atoms with Crippen LogP contribution >= 0.6 is 23.4 Å². The van der Waals surface area contributed by atoms with Crippen molar-refractivity contribution in [1.29, 1.82) is 0 Å². The van der Waals surface area contributed by atoms with Crippen LogP contribution in [0.15, 0.2) is 35.4 Å². The highest BCUT2D eigenvalue weighted by atomic mass is 35.5. The molecule has 0 spiro atoms. The fourth-order valence-corrected chi connectivity index (χ4v) is 2.78. The van der Waals surface area contributed by atoms with E-state index >= 15 is 0 Å². The van der Waals surface area contributed by atoms with Crippen molar-refractivity contribution < 1.29 is 5.11 Å². The van der Waals surface area contributed by atoms with Gasteiger partial charge in [-0.25, -0.2) is 9.97 Å². The summed E-state index contributed by atoms with van der Waals surface area (Å²) < 4.78 is 0. The van der Waals surface area contributed by atoms with E-state index in [0.29, 0.717) is 5.75 Å². The van der Waals surface area contributed by atoms with Gasteiger partial charge in [-0.15, -0.1) is 11.8 Å². The largest absolute Gasteiger partial charge is 0.389 e. The highest BCUT2D eigenvalue weighted by Crippen LogP contribution is 2.24. The first-order valence-corrected chi connectivity index (χ1v) is 7.31. The Morgan fingerprint density at radius 1 is 1.42 bits per heavy atom. The molecule has 1 atom stereocenters. The Balaban J connectivity index is 2.06. The predicted molar refractivity (Wildman–Crippen MR) is 78.4 cm³/mol. The van der Waals surface area contributed by atoms with Gasteiger partial charge in [-0.3, -0.25) is 0 Å². The van der Waals surface area contributed by atoms with Gasteiger partial charge in [-0.05, 0) is 32.0 Å². The van der Waals surface area contributed by atoms with E-state index < -0.39 is 6.10 Å². The summed E-state index contributed by atoms with van der Waals surface area (Å²) in [5.74, 6) is 1.44. The molecule has 1 aromatic heterocycles. The third kappa shape index (κ3) is 3.93. The fourth-order valence-electron chi connectivity index (χ4n) is 1.71. The van der Waals surface area contributed by atoms with Crippen LogP contribution in [0.1, 0.15) is 30.1 Å². The fraction of sp³-hybridized carbons (Fsp3) is 0.286. The molecule has 100 valence electrons. The van der Waals surface area contributed by atoms with Crippen LogP contribution in [0.3, 0.4) is 0 Å². The number of thioether (sulfide) groups is 1. The van der Waals surface area contributed by atoms with Crippen molar-refractivity contribution in [2.75, 3.05) is 0 Å². The number of benzene rings is 1. The van der Waals surface area contributed by atoms with Crippen molar-refractivity contribution in [2.24, 2.45) is 0 Å². The minimum atomic E-state index is -0.533. The molecule has 0 unspecified atom stereocenters. The minimum Gasteiger partial charge on any atom is -0.389 e. The van der Waals surface area contributed by atoms with Gasteiger partial charge in [-0.1, -0.05) is 17.7 Å². The number of hydrogen-bond acceptors (Lipinski definition) is 4. The molecule has 2 aromatic rings. The van der Waals surface area contributed by atoms with Crippen LogP contribution in [-0.2, 0) is 5.75 Å². The number of rotatable bonds is 4. The molecule has 0 aliphatic heterocycles. The molecule has 0 aliphatic carbocycles. The van der Waals surface area contributed by atoms with Crippen LogP contribution in [0.2, 0.25) is 5.02 Å². The van der Waals surface area contributed by atoms with Crippen LogP contribution in [-0.4, -0.2) is 15.1 Å². The topological polar surface area (TPSA) is 46.0 Å². The molecule has 0 radical (unpaired) electrons. The maximum atomic E-state index is 9.53. The molecule has 0 amide bonds. The summed E-state index contributed by atoms with van der Waals surface area (Å²) in [5.41, 5.74) is 1.60. The number of nitrogens with zero attached hydrogens (tertiary/aromatic N) is 2. The molecule has 0 bridgehead atoms. The average Bonchev–Trinajstić information content (AvgIpc) is 2.36. The Kier molecular flexibility index (Phi) is 4.80. The van der Waals surface area contributed by atoms with Gasteiger partial charge in [-0.2, -0.15) is 0 Å². The predicted octanol–water partition coefficient (Wildman–Crippen LogP) is 3.78. The highest BCUT2D eigenvalue weighted by Gasteiger charge is 2.08. The first kappa shape index (κ1) is 14.3. The number of halogens is 1. The van der Waals surface area contributed by atoms with E-state index in [-0.39, 0.29) is 0 Å². The summed E-state index contributed by atoms with van der Waals surface area (Å²) >= 11 is 7.57. The van der Waals surface area contributed by atoms with Crippen molar-refractivity contribution in [2.45, 2.75) is 30.6 Å². The van der Waals surface area contributed by atoms with Gasteiger partial charge in [0.15, 0.2) is 0 Å². The van der Waals surface area contributed by atoms with Crippen LogP contribution in [0, 0.1) is 6.92 Å². The Labute approximate surface area is 122 Å². The maximum Gasteiger partial charge on any atom is 0.138 e. The van der Waals surface area contributed by atoms with E-state index in [1.165, 1.54) is 0 Å². The lowest BCUT2D eigenvalue weighted by Gasteiger charge is -2.09. The van der Waals surface area contributed by atoms with Crippen molar-refractivity contribution >= 4 is 23.4 Å². The zero-order valence-electron chi connectivity index (χ0n) is 10.8. The highest BCUT2D eigenvalue weighted by molar-refractivity contribution is 7.98. The quantitative estimate of drug-likeness (QED) is 0.872. The lowest BCUT2D eigenvalue weighted by atomic mass is 10.1. The van der Waals surface area contributed by atoms with E-state index in [1.807, 2.05) is 31.2 Å². The maximum absolute atomic E-state index is 9.53. The van der Waals surface area contributed by atoms with Gasteiger partial charge in [0.05, 0.1) is 11.9 Å². The standard InChI is InChI=1S/C14H15ClN2OS/c1-9-13(10(2)18)7-16-14(17-9)8-19-12-5-3-4-11(15)6-12/h3-7,10,18H,8H2,1-2H3/t10-/m1/s1. The first-order valence-electron chi connectivity index (χ1n) is 5.95. The lowest BCUT2D eigenvalue weighted by molar-refractivity contribution is 0.197. The van der Waals surface area contributed by atoms with Gasteiger partial charge >= 0.3 is 0 Å². The van der Waals surface area contributed by atoms with Crippen LogP contribution in [0.25, 0.3) is 0 Å². The Hall–Kier alpha value is -1.10. The Bertz CT molecular complexity index is 575. The van der Waals surface area contributed by atoms with E-state index in [4.69, 9.17) is 11.6 Å². The zero-order chi connectivity index (χ0) is 13.8. The summed E-state index contributed by atoms with van der Waals surface area (Å²) in [5, 5.41) is 10.3. The smallest absolute Gasteiger partial charge is 0.138 e. The van der Waals surface area contributed by atoms with Gasteiger partial charge < -0.3 is 5.11 Å².